The van der Waals surface area contributed by atoms with E-state index in [2.05, 4.69) is 10.3 Å². The molecule has 0 spiro atoms. The standard InChI is InChI=1S/C24H19F4N5O3/c1-36-33-22(35)18-13-32(21(34)17-7-4-15(11-29)10-19(17)25)9-8-20(18)31-23(33)30-12-14-2-5-16(6-3-14)24(26,27)28/h2-7,10H,8-9,12-13H2,1H3,(H,30,31). The topological polar surface area (TPSA) is 100 Å². The first kappa shape index (κ1) is 24.7. The smallest absolute Gasteiger partial charge is 0.411 e. The predicted octanol–water partition coefficient (Wildman–Crippen LogP) is 3.14. The molecule has 3 aromatic rings. The number of hydrogen-bond acceptors (Lipinski definition) is 6. The van der Waals surface area contributed by atoms with Crippen LogP contribution >= 0.6 is 0 Å². The van der Waals surface area contributed by atoms with Crippen LogP contribution in [0, 0.1) is 17.1 Å². The number of nitrogens with one attached hydrogen (secondary N) is 1. The number of carbonyl (C=O) groups excluding carboxylic acids is 1. The van der Waals surface area contributed by atoms with Crippen molar-refractivity contribution in [1.82, 2.24) is 14.6 Å². The van der Waals surface area contributed by atoms with E-state index in [-0.39, 0.29) is 48.7 Å². The average Bonchev–Trinajstić information content (AvgIpc) is 2.86. The zero-order chi connectivity index (χ0) is 26.0. The van der Waals surface area contributed by atoms with Gasteiger partial charge in [-0.25, -0.2) is 9.37 Å². The van der Waals surface area contributed by atoms with Gasteiger partial charge in [0.2, 0.25) is 5.95 Å². The van der Waals surface area contributed by atoms with Crippen molar-refractivity contribution in [3.05, 3.63) is 92.1 Å². The summed E-state index contributed by atoms with van der Waals surface area (Å²) in [5.41, 5.74) is -0.331. The summed E-state index contributed by atoms with van der Waals surface area (Å²) in [5.74, 6) is -1.41. The van der Waals surface area contributed by atoms with E-state index in [9.17, 15) is 27.2 Å². The van der Waals surface area contributed by atoms with E-state index in [0.717, 1.165) is 22.9 Å². The second-order valence-electron chi connectivity index (χ2n) is 7.97. The highest BCUT2D eigenvalue weighted by atomic mass is 19.4. The van der Waals surface area contributed by atoms with E-state index in [1.165, 1.54) is 36.3 Å². The van der Waals surface area contributed by atoms with Gasteiger partial charge in [-0.3, -0.25) is 9.59 Å². The van der Waals surface area contributed by atoms with Crippen LogP contribution in [0.15, 0.2) is 47.3 Å². The number of fused-ring (bicyclic) bond motifs is 1. The predicted molar refractivity (Wildman–Crippen MR) is 119 cm³/mol. The van der Waals surface area contributed by atoms with Crippen molar-refractivity contribution < 1.29 is 27.2 Å². The van der Waals surface area contributed by atoms with Crippen molar-refractivity contribution in [3.63, 3.8) is 0 Å². The Balaban J connectivity index is 1.54. The SMILES string of the molecule is COn1c(NCc2ccc(C(F)(F)F)cc2)nc2c(c1=O)CN(C(=O)c1ccc(C#N)cc1F)CC2. The summed E-state index contributed by atoms with van der Waals surface area (Å²) >= 11 is 0. The van der Waals surface area contributed by atoms with Gasteiger partial charge in [0, 0.05) is 19.5 Å². The third-order valence-electron chi connectivity index (χ3n) is 5.72. The molecular formula is C24H19F4N5O3. The number of nitriles is 1. The Bertz CT molecular complexity index is 1410. The quantitative estimate of drug-likeness (QED) is 0.540. The van der Waals surface area contributed by atoms with Gasteiger partial charge in [-0.1, -0.05) is 12.1 Å². The molecule has 0 atom stereocenters. The van der Waals surface area contributed by atoms with E-state index in [1.807, 2.05) is 0 Å². The second-order valence-corrected chi connectivity index (χ2v) is 7.97. The minimum absolute atomic E-state index is 0.0547. The number of carbonyl (C=O) groups is 1. The molecule has 2 aromatic carbocycles. The number of anilines is 1. The summed E-state index contributed by atoms with van der Waals surface area (Å²) in [6, 6.07) is 9.89. The molecule has 0 bridgehead atoms. The number of nitrogens with zero attached hydrogens (tertiary/aromatic N) is 4. The summed E-state index contributed by atoms with van der Waals surface area (Å²) in [4.78, 5) is 36.8. The first-order valence-electron chi connectivity index (χ1n) is 10.7. The van der Waals surface area contributed by atoms with Crippen LogP contribution < -0.4 is 15.7 Å². The molecule has 36 heavy (non-hydrogen) atoms. The number of aromatic nitrogens is 2. The molecule has 186 valence electrons. The molecule has 12 heteroatoms. The molecule has 2 heterocycles. The minimum Gasteiger partial charge on any atom is -0.411 e. The lowest BCUT2D eigenvalue weighted by molar-refractivity contribution is -0.137. The van der Waals surface area contributed by atoms with Crippen molar-refractivity contribution in [2.24, 2.45) is 0 Å². The highest BCUT2D eigenvalue weighted by Gasteiger charge is 2.30. The fourth-order valence-electron chi connectivity index (χ4n) is 3.83. The van der Waals surface area contributed by atoms with E-state index in [0.29, 0.717) is 11.3 Å². The zero-order valence-electron chi connectivity index (χ0n) is 18.9. The molecule has 1 aromatic heterocycles. The Labute approximate surface area is 202 Å². The summed E-state index contributed by atoms with van der Waals surface area (Å²) in [6.45, 7) is 0.129. The Hall–Kier alpha value is -4.40. The summed E-state index contributed by atoms with van der Waals surface area (Å²) < 4.78 is 53.5. The van der Waals surface area contributed by atoms with Crippen LogP contribution in [0.4, 0.5) is 23.5 Å². The van der Waals surface area contributed by atoms with Crippen molar-refractivity contribution in [2.45, 2.75) is 25.7 Å². The van der Waals surface area contributed by atoms with Crippen LogP contribution in [0.25, 0.3) is 0 Å². The van der Waals surface area contributed by atoms with Gasteiger partial charge in [-0.05, 0) is 35.9 Å². The Kier molecular flexibility index (Phi) is 6.65. The molecule has 8 nitrogen and oxygen atoms in total. The van der Waals surface area contributed by atoms with Crippen LogP contribution in [0.2, 0.25) is 0 Å². The molecule has 1 aliphatic rings. The van der Waals surface area contributed by atoms with Crippen molar-refractivity contribution in [3.8, 4) is 6.07 Å². The van der Waals surface area contributed by atoms with E-state index in [1.54, 1.807) is 6.07 Å². The molecule has 1 aliphatic heterocycles. The van der Waals surface area contributed by atoms with Gasteiger partial charge in [0.15, 0.2) is 0 Å². The summed E-state index contributed by atoms with van der Waals surface area (Å²) in [6.07, 6.45) is -4.22. The van der Waals surface area contributed by atoms with Gasteiger partial charge >= 0.3 is 6.18 Å². The Morgan fingerprint density at radius 2 is 1.94 bits per heavy atom. The van der Waals surface area contributed by atoms with Gasteiger partial charge in [-0.15, -0.1) is 4.73 Å². The number of alkyl halides is 3. The maximum Gasteiger partial charge on any atom is 0.416 e. The lowest BCUT2D eigenvalue weighted by atomic mass is 10.0. The maximum atomic E-state index is 14.3. The van der Waals surface area contributed by atoms with E-state index in [4.69, 9.17) is 10.1 Å². The molecule has 4 rings (SSSR count). The largest absolute Gasteiger partial charge is 0.416 e. The molecule has 0 unspecified atom stereocenters. The Morgan fingerprint density at radius 1 is 1.22 bits per heavy atom. The van der Waals surface area contributed by atoms with Crippen LogP contribution in [-0.4, -0.2) is 34.2 Å². The van der Waals surface area contributed by atoms with Crippen LogP contribution in [0.1, 0.15) is 38.3 Å². The van der Waals surface area contributed by atoms with Gasteiger partial charge in [-0.2, -0.15) is 18.4 Å². The van der Waals surface area contributed by atoms with Crippen molar-refractivity contribution in [1.29, 1.82) is 5.26 Å². The molecule has 0 saturated heterocycles. The van der Waals surface area contributed by atoms with Crippen molar-refractivity contribution >= 4 is 11.9 Å². The minimum atomic E-state index is -4.44. The molecular weight excluding hydrogens is 482 g/mol. The number of amides is 1. The fourth-order valence-corrected chi connectivity index (χ4v) is 3.83. The lowest BCUT2D eigenvalue weighted by Gasteiger charge is -2.29. The van der Waals surface area contributed by atoms with Gasteiger partial charge in [0.05, 0.1) is 40.6 Å². The van der Waals surface area contributed by atoms with Gasteiger partial charge in [0.25, 0.3) is 11.5 Å². The molecule has 0 radical (unpaired) electrons. The monoisotopic (exact) mass is 501 g/mol. The highest BCUT2D eigenvalue weighted by Crippen LogP contribution is 2.29. The van der Waals surface area contributed by atoms with Crippen LogP contribution in [0.5, 0.6) is 0 Å². The first-order chi connectivity index (χ1) is 17.1. The van der Waals surface area contributed by atoms with Crippen LogP contribution in [0.3, 0.4) is 0 Å². The number of hydrogen-bond donors (Lipinski definition) is 1. The van der Waals surface area contributed by atoms with Crippen molar-refractivity contribution in [2.75, 3.05) is 19.0 Å². The zero-order valence-corrected chi connectivity index (χ0v) is 18.9. The fraction of sp³-hybridized carbons (Fsp3) is 0.250. The molecule has 1 amide bonds. The molecule has 0 saturated carbocycles. The number of halogens is 4. The number of rotatable bonds is 5. The normalized spacial score (nSPS) is 13.1. The lowest BCUT2D eigenvalue weighted by Crippen LogP contribution is -2.42. The van der Waals surface area contributed by atoms with Gasteiger partial charge < -0.3 is 15.1 Å². The maximum absolute atomic E-state index is 14.3. The number of benzene rings is 2. The average molecular weight is 501 g/mol. The third-order valence-corrected chi connectivity index (χ3v) is 5.72. The summed E-state index contributed by atoms with van der Waals surface area (Å²) in [7, 11) is 1.25. The Morgan fingerprint density at radius 3 is 2.56 bits per heavy atom. The second kappa shape index (κ2) is 9.69. The highest BCUT2D eigenvalue weighted by molar-refractivity contribution is 5.94. The van der Waals surface area contributed by atoms with E-state index < -0.39 is 29.0 Å². The molecule has 0 aliphatic carbocycles. The van der Waals surface area contributed by atoms with E-state index >= 15 is 0 Å². The first-order valence-corrected chi connectivity index (χ1v) is 10.7. The molecule has 1 N–H and O–H groups in total. The van der Waals surface area contributed by atoms with Gasteiger partial charge in [0.1, 0.15) is 12.9 Å². The third kappa shape index (κ3) is 4.86. The summed E-state index contributed by atoms with van der Waals surface area (Å²) in [5, 5.41) is 11.8. The molecule has 0 fully saturated rings. The van der Waals surface area contributed by atoms with Crippen LogP contribution in [-0.2, 0) is 25.7 Å².